The van der Waals surface area contributed by atoms with Crippen LogP contribution < -0.4 is 0 Å². The number of ether oxygens (including phenoxy) is 1. The number of hydrogen-bond acceptors (Lipinski definition) is 4. The number of hydrogen-bond donors (Lipinski definition) is 1. The molecule has 2 aromatic rings. The molecular formula is C13H17N3O3S. The van der Waals surface area contributed by atoms with Crippen molar-refractivity contribution in [3.8, 4) is 0 Å². The molecule has 0 amide bonds. The maximum absolute atomic E-state index is 12.8. The van der Waals surface area contributed by atoms with Crippen molar-refractivity contribution in [1.29, 1.82) is 0 Å². The molecule has 0 spiro atoms. The molecule has 1 saturated heterocycles. The van der Waals surface area contributed by atoms with Crippen molar-refractivity contribution in [2.45, 2.75) is 30.9 Å². The first-order valence-corrected chi connectivity index (χ1v) is 8.01. The van der Waals surface area contributed by atoms with E-state index in [0.717, 1.165) is 0 Å². The van der Waals surface area contributed by atoms with Crippen LogP contribution in [0.25, 0.3) is 11.0 Å². The second-order valence-corrected chi connectivity index (χ2v) is 6.84. The Kier molecular flexibility index (Phi) is 3.27. The minimum Gasteiger partial charge on any atom is -0.375 e. The summed E-state index contributed by atoms with van der Waals surface area (Å²) in [7, 11) is -3.55. The molecule has 6 nitrogen and oxygen atoms in total. The van der Waals surface area contributed by atoms with Crippen LogP contribution in [0.3, 0.4) is 0 Å². The molecule has 2 aromatic heterocycles. The van der Waals surface area contributed by atoms with Gasteiger partial charge in [-0.25, -0.2) is 13.4 Å². The fraction of sp³-hybridized carbons (Fsp3) is 0.462. The van der Waals surface area contributed by atoms with Crippen LogP contribution in [0.2, 0.25) is 0 Å². The van der Waals surface area contributed by atoms with Gasteiger partial charge in [0.25, 0.3) is 0 Å². The highest BCUT2D eigenvalue weighted by molar-refractivity contribution is 7.89. The summed E-state index contributed by atoms with van der Waals surface area (Å²) in [4.78, 5) is 7.32. The second kappa shape index (κ2) is 4.83. The molecule has 0 radical (unpaired) electrons. The van der Waals surface area contributed by atoms with E-state index in [-0.39, 0.29) is 17.0 Å². The van der Waals surface area contributed by atoms with Gasteiger partial charge in [0.05, 0.1) is 12.7 Å². The largest absolute Gasteiger partial charge is 0.375 e. The van der Waals surface area contributed by atoms with E-state index >= 15 is 0 Å². The number of nitrogens with zero attached hydrogens (tertiary/aromatic N) is 2. The summed E-state index contributed by atoms with van der Waals surface area (Å²) in [6.45, 7) is 4.56. The van der Waals surface area contributed by atoms with Gasteiger partial charge in [-0.05, 0) is 26.0 Å². The normalized spacial score (nSPS) is 25.1. The molecule has 1 aliphatic heterocycles. The van der Waals surface area contributed by atoms with Crippen molar-refractivity contribution >= 4 is 21.1 Å². The summed E-state index contributed by atoms with van der Waals surface area (Å²) in [5.74, 6) is 0. The maximum Gasteiger partial charge on any atom is 0.245 e. The topological polar surface area (TPSA) is 75.3 Å². The molecule has 0 aliphatic carbocycles. The van der Waals surface area contributed by atoms with Crippen LogP contribution in [0.5, 0.6) is 0 Å². The third-order valence-corrected chi connectivity index (χ3v) is 5.85. The Morgan fingerprint density at radius 2 is 2.25 bits per heavy atom. The Morgan fingerprint density at radius 1 is 1.45 bits per heavy atom. The molecule has 0 unspecified atom stereocenters. The van der Waals surface area contributed by atoms with Gasteiger partial charge in [0.15, 0.2) is 0 Å². The van der Waals surface area contributed by atoms with Crippen LogP contribution >= 0.6 is 0 Å². The molecule has 1 N–H and O–H groups in total. The van der Waals surface area contributed by atoms with Crippen LogP contribution in [-0.4, -0.2) is 48.0 Å². The monoisotopic (exact) mass is 295 g/mol. The van der Waals surface area contributed by atoms with Crippen molar-refractivity contribution in [2.24, 2.45) is 0 Å². The van der Waals surface area contributed by atoms with Crippen molar-refractivity contribution < 1.29 is 13.2 Å². The predicted octanol–water partition coefficient (Wildman–Crippen LogP) is 1.36. The Balaban J connectivity index is 2.08. The van der Waals surface area contributed by atoms with Gasteiger partial charge < -0.3 is 9.72 Å². The Labute approximate surface area is 117 Å². The zero-order valence-electron chi connectivity index (χ0n) is 11.4. The minimum absolute atomic E-state index is 0.109. The highest BCUT2D eigenvalue weighted by Crippen LogP contribution is 2.28. The molecule has 0 aromatic carbocycles. The average molecular weight is 295 g/mol. The number of aromatic nitrogens is 2. The molecule has 3 heterocycles. The highest BCUT2D eigenvalue weighted by Gasteiger charge is 2.36. The highest BCUT2D eigenvalue weighted by atomic mass is 32.2. The van der Waals surface area contributed by atoms with Gasteiger partial charge in [-0.1, -0.05) is 0 Å². The van der Waals surface area contributed by atoms with Crippen LogP contribution in [-0.2, 0) is 14.8 Å². The Hall–Kier alpha value is -1.44. The summed E-state index contributed by atoms with van der Waals surface area (Å²) < 4.78 is 32.7. The van der Waals surface area contributed by atoms with E-state index in [1.54, 1.807) is 18.3 Å². The van der Waals surface area contributed by atoms with Crippen molar-refractivity contribution in [1.82, 2.24) is 14.3 Å². The molecule has 108 valence electrons. The number of morpholine rings is 1. The van der Waals surface area contributed by atoms with Crippen molar-refractivity contribution in [3.63, 3.8) is 0 Å². The number of aromatic amines is 1. The molecule has 2 atom stereocenters. The van der Waals surface area contributed by atoms with E-state index in [1.165, 1.54) is 10.5 Å². The van der Waals surface area contributed by atoms with Gasteiger partial charge in [0.1, 0.15) is 10.5 Å². The van der Waals surface area contributed by atoms with E-state index < -0.39 is 10.0 Å². The second-order valence-electron chi connectivity index (χ2n) is 4.98. The third-order valence-electron chi connectivity index (χ3n) is 3.83. The number of sulfonamides is 1. The summed E-state index contributed by atoms with van der Waals surface area (Å²) in [6.07, 6.45) is 3.04. The molecule has 20 heavy (non-hydrogen) atoms. The van der Waals surface area contributed by atoms with E-state index in [9.17, 15) is 8.42 Å². The molecule has 1 aliphatic rings. The first-order chi connectivity index (χ1) is 9.51. The molecule has 3 rings (SSSR count). The number of H-pyrrole nitrogens is 1. The van der Waals surface area contributed by atoms with Gasteiger partial charge in [-0.2, -0.15) is 4.31 Å². The Bertz CT molecular complexity index is 725. The smallest absolute Gasteiger partial charge is 0.245 e. The zero-order chi connectivity index (χ0) is 14.3. The fourth-order valence-corrected chi connectivity index (χ4v) is 4.34. The molecular weight excluding hydrogens is 278 g/mol. The van der Waals surface area contributed by atoms with Gasteiger partial charge in [0.2, 0.25) is 10.0 Å². The van der Waals surface area contributed by atoms with Crippen molar-refractivity contribution in [2.75, 3.05) is 13.2 Å². The first kappa shape index (κ1) is 13.5. The molecule has 1 fully saturated rings. The lowest BCUT2D eigenvalue weighted by Gasteiger charge is -2.36. The predicted molar refractivity (Wildman–Crippen MR) is 74.9 cm³/mol. The lowest BCUT2D eigenvalue weighted by molar-refractivity contribution is -0.0231. The van der Waals surface area contributed by atoms with Gasteiger partial charge in [0, 0.05) is 30.4 Å². The van der Waals surface area contributed by atoms with Crippen LogP contribution in [0.4, 0.5) is 0 Å². The van der Waals surface area contributed by atoms with Crippen LogP contribution in [0, 0.1) is 0 Å². The number of rotatable bonds is 2. The lowest BCUT2D eigenvalue weighted by Crippen LogP contribution is -2.50. The first-order valence-electron chi connectivity index (χ1n) is 6.57. The zero-order valence-corrected chi connectivity index (χ0v) is 12.2. The van der Waals surface area contributed by atoms with Gasteiger partial charge >= 0.3 is 0 Å². The number of fused-ring (bicyclic) bond motifs is 1. The van der Waals surface area contributed by atoms with Crippen LogP contribution in [0.15, 0.2) is 29.4 Å². The molecule has 0 bridgehead atoms. The average Bonchev–Trinajstić information content (AvgIpc) is 2.86. The summed E-state index contributed by atoms with van der Waals surface area (Å²) in [5, 5.41) is 0.624. The summed E-state index contributed by atoms with van der Waals surface area (Å²) in [6, 6.07) is 3.32. The van der Waals surface area contributed by atoms with Crippen LogP contribution in [0.1, 0.15) is 13.8 Å². The Morgan fingerprint density at radius 3 is 3.05 bits per heavy atom. The SMILES string of the molecule is C[C@H]1OCCN(S(=O)(=O)c2c[nH]c3ncccc23)[C@H]1C. The van der Waals surface area contributed by atoms with Gasteiger partial charge in [-0.3, -0.25) is 0 Å². The summed E-state index contributed by atoms with van der Waals surface area (Å²) >= 11 is 0. The molecule has 0 saturated carbocycles. The van der Waals surface area contributed by atoms with E-state index in [2.05, 4.69) is 9.97 Å². The maximum atomic E-state index is 12.8. The minimum atomic E-state index is -3.55. The summed E-state index contributed by atoms with van der Waals surface area (Å²) in [5.41, 5.74) is 0.583. The lowest BCUT2D eigenvalue weighted by atomic mass is 10.2. The van der Waals surface area contributed by atoms with Crippen molar-refractivity contribution in [3.05, 3.63) is 24.5 Å². The third kappa shape index (κ3) is 2.02. The van der Waals surface area contributed by atoms with E-state index in [0.29, 0.717) is 24.2 Å². The molecule has 7 heteroatoms. The standard InChI is InChI=1S/C13H17N3O3S/c1-9-10(2)19-7-6-16(9)20(17,18)12-8-15-13-11(12)4-3-5-14-13/h3-5,8-10H,6-7H2,1-2H3,(H,14,15)/t9-,10+/m0/s1. The van der Waals surface area contributed by atoms with Gasteiger partial charge in [-0.15, -0.1) is 0 Å². The number of nitrogens with one attached hydrogen (secondary N) is 1. The number of pyridine rings is 1. The van der Waals surface area contributed by atoms with E-state index in [1.807, 2.05) is 13.8 Å². The van der Waals surface area contributed by atoms with E-state index in [4.69, 9.17) is 4.74 Å². The quantitative estimate of drug-likeness (QED) is 0.907. The fourth-order valence-electron chi connectivity index (χ4n) is 2.52.